The van der Waals surface area contributed by atoms with Crippen LogP contribution in [0.4, 0.5) is 10.5 Å². The first-order valence-corrected chi connectivity index (χ1v) is 12.4. The van der Waals surface area contributed by atoms with Crippen LogP contribution in [0.3, 0.4) is 0 Å². The number of carbonyl (C=O) groups excluding carboxylic acids is 2. The number of piperidine rings is 1. The van der Waals surface area contributed by atoms with E-state index < -0.39 is 15.8 Å². The molecule has 0 aliphatic carbocycles. The fraction of sp³-hybridized carbons (Fsp3) is 0.154. The molecule has 3 aromatic rings. The van der Waals surface area contributed by atoms with Gasteiger partial charge < -0.3 is 10.2 Å². The maximum atomic E-state index is 13.4. The molecule has 1 aliphatic heterocycles. The van der Waals surface area contributed by atoms with E-state index in [0.717, 1.165) is 11.8 Å². The van der Waals surface area contributed by atoms with Gasteiger partial charge in [-0.15, -0.1) is 0 Å². The Morgan fingerprint density at radius 3 is 2.15 bits per heavy atom. The van der Waals surface area contributed by atoms with Crippen LogP contribution in [-0.4, -0.2) is 44.5 Å². The number of benzene rings is 3. The Bertz CT molecular complexity index is 1290. The lowest BCUT2D eigenvalue weighted by Crippen LogP contribution is -2.46. The lowest BCUT2D eigenvalue weighted by atomic mass is 9.86. The predicted octanol–water partition coefficient (Wildman–Crippen LogP) is 4.37. The van der Waals surface area contributed by atoms with Crippen LogP contribution in [-0.2, 0) is 14.6 Å². The molecule has 3 aromatic carbocycles. The van der Waals surface area contributed by atoms with Crippen LogP contribution in [0, 0.1) is 0 Å². The van der Waals surface area contributed by atoms with Gasteiger partial charge in [-0.2, -0.15) is 0 Å². The zero-order valence-corrected chi connectivity index (χ0v) is 19.0. The van der Waals surface area contributed by atoms with E-state index in [2.05, 4.69) is 5.32 Å². The summed E-state index contributed by atoms with van der Waals surface area (Å²) in [5, 5.41) is 2.89. The number of anilines is 1. The average Bonchev–Trinajstić information content (AvgIpc) is 2.81. The third-order valence-corrected chi connectivity index (χ3v) is 6.69. The Hall–Kier alpha value is -3.71. The van der Waals surface area contributed by atoms with Crippen molar-refractivity contribution in [2.75, 3.05) is 24.7 Å². The summed E-state index contributed by atoms with van der Waals surface area (Å²) in [5.41, 5.74) is 2.71. The van der Waals surface area contributed by atoms with Crippen LogP contribution in [0.2, 0.25) is 0 Å². The van der Waals surface area contributed by atoms with E-state index in [9.17, 15) is 18.0 Å². The minimum Gasteiger partial charge on any atom is -0.319 e. The van der Waals surface area contributed by atoms with Crippen molar-refractivity contribution in [1.82, 2.24) is 4.90 Å². The lowest BCUT2D eigenvalue weighted by Gasteiger charge is -2.33. The lowest BCUT2D eigenvalue weighted by molar-refractivity contribution is -0.118. The fourth-order valence-corrected chi connectivity index (χ4v) is 4.46. The zero-order valence-electron chi connectivity index (χ0n) is 18.1. The summed E-state index contributed by atoms with van der Waals surface area (Å²) in [6.07, 6.45) is 2.88. The Balaban J connectivity index is 1.65. The van der Waals surface area contributed by atoms with Gasteiger partial charge in [-0.1, -0.05) is 60.7 Å². The van der Waals surface area contributed by atoms with Gasteiger partial charge in [0.05, 0.1) is 17.4 Å². The molecule has 7 heteroatoms. The van der Waals surface area contributed by atoms with E-state index in [-0.39, 0.29) is 29.8 Å². The molecule has 1 aliphatic rings. The van der Waals surface area contributed by atoms with Gasteiger partial charge in [-0.25, -0.2) is 13.2 Å². The highest BCUT2D eigenvalue weighted by Gasteiger charge is 2.34. The van der Waals surface area contributed by atoms with Crippen LogP contribution in [0.5, 0.6) is 0 Å². The van der Waals surface area contributed by atoms with Crippen molar-refractivity contribution in [3.05, 3.63) is 102 Å². The predicted molar refractivity (Wildman–Crippen MR) is 129 cm³/mol. The van der Waals surface area contributed by atoms with Gasteiger partial charge >= 0.3 is 6.03 Å². The van der Waals surface area contributed by atoms with Crippen LogP contribution >= 0.6 is 0 Å². The van der Waals surface area contributed by atoms with Crippen molar-refractivity contribution in [3.63, 3.8) is 0 Å². The van der Waals surface area contributed by atoms with Crippen molar-refractivity contribution < 1.29 is 18.0 Å². The first-order valence-electron chi connectivity index (χ1n) is 10.5. The molecule has 0 aromatic heterocycles. The zero-order chi connectivity index (χ0) is 23.4. The molecule has 4 rings (SSSR count). The summed E-state index contributed by atoms with van der Waals surface area (Å²) >= 11 is 0. The van der Waals surface area contributed by atoms with Crippen molar-refractivity contribution in [2.45, 2.75) is 10.8 Å². The number of hydrogen-bond donors (Lipinski definition) is 1. The number of nitrogens with zero attached hydrogens (tertiary/aromatic N) is 1. The number of rotatable bonds is 4. The molecule has 0 saturated carbocycles. The maximum absolute atomic E-state index is 13.4. The average molecular weight is 461 g/mol. The number of sulfone groups is 1. The molecule has 0 bridgehead atoms. The van der Waals surface area contributed by atoms with E-state index >= 15 is 0 Å². The van der Waals surface area contributed by atoms with E-state index in [1.807, 2.05) is 60.7 Å². The van der Waals surface area contributed by atoms with Gasteiger partial charge in [-0.05, 0) is 41.5 Å². The Morgan fingerprint density at radius 1 is 0.939 bits per heavy atom. The van der Waals surface area contributed by atoms with Crippen molar-refractivity contribution in [3.8, 4) is 0 Å². The first kappa shape index (κ1) is 22.5. The molecule has 168 valence electrons. The number of nitrogens with one attached hydrogen (secondary N) is 1. The maximum Gasteiger partial charge on any atom is 0.322 e. The third kappa shape index (κ3) is 5.38. The number of carbonyl (C=O) groups is 2. The molecule has 1 N–H and O–H groups in total. The largest absolute Gasteiger partial charge is 0.322 e. The van der Waals surface area contributed by atoms with Crippen molar-refractivity contribution in [1.29, 1.82) is 0 Å². The molecule has 1 atom stereocenters. The number of para-hydroxylation sites is 1. The van der Waals surface area contributed by atoms with Gasteiger partial charge in [-0.3, -0.25) is 4.79 Å². The second-order valence-electron chi connectivity index (χ2n) is 8.01. The van der Waals surface area contributed by atoms with E-state index in [1.54, 1.807) is 23.1 Å². The van der Waals surface area contributed by atoms with Gasteiger partial charge in [0.2, 0.25) is 0 Å². The number of amides is 2. The second-order valence-corrected chi connectivity index (χ2v) is 10.0. The van der Waals surface area contributed by atoms with Crippen LogP contribution in [0.15, 0.2) is 95.4 Å². The molecule has 1 saturated heterocycles. The molecular formula is C26H24N2O4S. The van der Waals surface area contributed by atoms with Gasteiger partial charge in [0.1, 0.15) is 0 Å². The topological polar surface area (TPSA) is 83.6 Å². The molecule has 0 radical (unpaired) electrons. The monoisotopic (exact) mass is 460 g/mol. The number of likely N-dealkylation sites (tertiary alicyclic amines) is 1. The van der Waals surface area contributed by atoms with Gasteiger partial charge in [0.15, 0.2) is 15.6 Å². The summed E-state index contributed by atoms with van der Waals surface area (Å²) in [6.45, 7) is 0.431. The number of Topliss-reactive ketones (excluding diaryl/α,β-unsaturated/α-hetero) is 1. The highest BCUT2D eigenvalue weighted by atomic mass is 32.2. The summed E-state index contributed by atoms with van der Waals surface area (Å²) < 4.78 is 23.5. The Labute approximate surface area is 193 Å². The second kappa shape index (κ2) is 9.42. The molecule has 1 heterocycles. The highest BCUT2D eigenvalue weighted by Crippen LogP contribution is 2.29. The Morgan fingerprint density at radius 2 is 1.55 bits per heavy atom. The first-order chi connectivity index (χ1) is 15.8. The Kier molecular flexibility index (Phi) is 6.42. The number of hydrogen-bond acceptors (Lipinski definition) is 4. The van der Waals surface area contributed by atoms with Crippen molar-refractivity contribution >= 4 is 33.4 Å². The smallest absolute Gasteiger partial charge is 0.319 e. The minimum atomic E-state index is -3.31. The van der Waals surface area contributed by atoms with Crippen LogP contribution in [0.25, 0.3) is 6.08 Å². The minimum absolute atomic E-state index is 0.0443. The summed E-state index contributed by atoms with van der Waals surface area (Å²) in [7, 11) is -3.31. The quantitative estimate of drug-likeness (QED) is 0.586. The number of ketones is 1. The van der Waals surface area contributed by atoms with Crippen LogP contribution in [0.1, 0.15) is 17.0 Å². The summed E-state index contributed by atoms with van der Waals surface area (Å²) in [6, 6.07) is 24.7. The van der Waals surface area contributed by atoms with Gasteiger partial charge in [0, 0.05) is 24.1 Å². The van der Waals surface area contributed by atoms with E-state index in [1.165, 1.54) is 12.1 Å². The van der Waals surface area contributed by atoms with E-state index in [4.69, 9.17) is 0 Å². The SMILES string of the molecule is CS(=O)(=O)c1ccc(C=C2CN(C(=O)Nc3ccccc3)CC(c3ccccc3)C2=O)cc1. The normalized spacial score (nSPS) is 17.7. The molecule has 1 fully saturated rings. The standard InChI is InChI=1S/C26H24N2O4S/c1-33(31,32)23-14-12-19(13-15-23)16-21-17-28(26(30)27-22-10-6-3-7-11-22)18-24(25(21)29)20-8-4-2-5-9-20/h2-16,24H,17-18H2,1H3,(H,27,30). The van der Waals surface area contributed by atoms with Crippen molar-refractivity contribution in [2.24, 2.45) is 0 Å². The van der Waals surface area contributed by atoms with E-state index in [0.29, 0.717) is 16.8 Å². The molecule has 0 spiro atoms. The molecular weight excluding hydrogens is 436 g/mol. The highest BCUT2D eigenvalue weighted by molar-refractivity contribution is 7.90. The number of urea groups is 1. The third-order valence-electron chi connectivity index (χ3n) is 5.56. The summed E-state index contributed by atoms with van der Waals surface area (Å²) in [4.78, 5) is 28.2. The fourth-order valence-electron chi connectivity index (χ4n) is 3.83. The van der Waals surface area contributed by atoms with Gasteiger partial charge in [0.25, 0.3) is 0 Å². The van der Waals surface area contributed by atoms with Crippen LogP contribution < -0.4 is 5.32 Å². The molecule has 6 nitrogen and oxygen atoms in total. The molecule has 33 heavy (non-hydrogen) atoms. The molecule has 1 unspecified atom stereocenters. The summed E-state index contributed by atoms with van der Waals surface area (Å²) in [5.74, 6) is -0.528. The molecule has 2 amide bonds.